The molecule has 3 nitrogen and oxygen atoms in total. The van der Waals surface area contributed by atoms with Gasteiger partial charge in [-0.2, -0.15) is 0 Å². The van der Waals surface area contributed by atoms with E-state index in [9.17, 15) is 4.79 Å². The average molecular weight is 225 g/mol. The fourth-order valence-electron chi connectivity index (χ4n) is 2.79. The third-order valence-electron chi connectivity index (χ3n) is 4.01. The normalized spacial score (nSPS) is 31.6. The summed E-state index contributed by atoms with van der Waals surface area (Å²) in [6.45, 7) is 4.52. The van der Waals surface area contributed by atoms with Gasteiger partial charge in [-0.25, -0.2) is 0 Å². The highest BCUT2D eigenvalue weighted by atomic mass is 16.5. The van der Waals surface area contributed by atoms with E-state index in [1.165, 1.54) is 32.1 Å². The van der Waals surface area contributed by atoms with Crippen LogP contribution in [0, 0.1) is 17.8 Å². The van der Waals surface area contributed by atoms with Crippen LogP contribution in [0.25, 0.3) is 0 Å². The number of carbonyl (C=O) groups excluding carboxylic acids is 1. The van der Waals surface area contributed by atoms with Crippen molar-refractivity contribution < 1.29 is 9.53 Å². The van der Waals surface area contributed by atoms with Gasteiger partial charge in [-0.05, 0) is 31.2 Å². The van der Waals surface area contributed by atoms with Gasteiger partial charge in [0.25, 0.3) is 0 Å². The van der Waals surface area contributed by atoms with Crippen molar-refractivity contribution in [3.63, 3.8) is 0 Å². The van der Waals surface area contributed by atoms with E-state index in [1.807, 2.05) is 0 Å². The third kappa shape index (κ3) is 2.97. The Labute approximate surface area is 97.9 Å². The van der Waals surface area contributed by atoms with Gasteiger partial charge in [-0.3, -0.25) is 4.79 Å². The summed E-state index contributed by atoms with van der Waals surface area (Å²) in [4.78, 5) is 11.8. The molecule has 2 aliphatic rings. The van der Waals surface area contributed by atoms with E-state index in [-0.39, 0.29) is 11.9 Å². The van der Waals surface area contributed by atoms with Gasteiger partial charge < -0.3 is 10.1 Å². The lowest BCUT2D eigenvalue weighted by molar-refractivity contribution is -0.150. The van der Waals surface area contributed by atoms with Crippen LogP contribution in [0.15, 0.2) is 0 Å². The third-order valence-corrected chi connectivity index (χ3v) is 4.01. The first kappa shape index (κ1) is 11.9. The Morgan fingerprint density at radius 2 is 2.00 bits per heavy atom. The lowest BCUT2D eigenvalue weighted by Crippen LogP contribution is -2.26. The molecule has 0 radical (unpaired) electrons. The molecule has 0 aromatic rings. The predicted molar refractivity (Wildman–Crippen MR) is 63.1 cm³/mol. The molecule has 1 heterocycles. The topological polar surface area (TPSA) is 38.3 Å². The summed E-state index contributed by atoms with van der Waals surface area (Å²) in [5.74, 6) is 1.16. The van der Waals surface area contributed by atoms with Gasteiger partial charge in [0.2, 0.25) is 0 Å². The number of rotatable bonds is 3. The number of nitrogens with one attached hydrogen (secondary N) is 1. The van der Waals surface area contributed by atoms with Gasteiger partial charge in [0.15, 0.2) is 0 Å². The summed E-state index contributed by atoms with van der Waals surface area (Å²) < 4.78 is 5.46. The zero-order valence-corrected chi connectivity index (χ0v) is 10.2. The molecule has 2 unspecified atom stereocenters. The van der Waals surface area contributed by atoms with Crippen LogP contribution in [0.3, 0.4) is 0 Å². The first-order chi connectivity index (χ1) is 7.77. The molecule has 0 aromatic heterocycles. The molecular formula is C13H23NO2. The molecule has 3 heteroatoms. The number of esters is 1. The molecule has 92 valence electrons. The SMILES string of the molecule is CC1CNCC1C(=O)OCC1CCCCC1. The van der Waals surface area contributed by atoms with Crippen LogP contribution >= 0.6 is 0 Å². The zero-order valence-electron chi connectivity index (χ0n) is 10.2. The smallest absolute Gasteiger partial charge is 0.310 e. The Kier molecular flexibility index (Phi) is 4.22. The van der Waals surface area contributed by atoms with Gasteiger partial charge in [-0.15, -0.1) is 0 Å². The van der Waals surface area contributed by atoms with Crippen LogP contribution < -0.4 is 5.32 Å². The van der Waals surface area contributed by atoms with Crippen molar-refractivity contribution in [2.45, 2.75) is 39.0 Å². The summed E-state index contributed by atoms with van der Waals surface area (Å²) in [5.41, 5.74) is 0. The molecule has 1 aliphatic carbocycles. The minimum absolute atomic E-state index is 0.0167. The van der Waals surface area contributed by atoms with Gasteiger partial charge in [0, 0.05) is 6.54 Å². The van der Waals surface area contributed by atoms with E-state index in [1.54, 1.807) is 0 Å². The maximum absolute atomic E-state index is 11.8. The minimum atomic E-state index is 0.0167. The van der Waals surface area contributed by atoms with E-state index >= 15 is 0 Å². The first-order valence-corrected chi connectivity index (χ1v) is 6.64. The lowest BCUT2D eigenvalue weighted by Gasteiger charge is -2.22. The summed E-state index contributed by atoms with van der Waals surface area (Å²) in [6, 6.07) is 0. The monoisotopic (exact) mass is 225 g/mol. The quantitative estimate of drug-likeness (QED) is 0.746. The van der Waals surface area contributed by atoms with Crippen molar-refractivity contribution in [1.29, 1.82) is 0 Å². The molecule has 0 amide bonds. The lowest BCUT2D eigenvalue weighted by atomic mass is 9.90. The molecular weight excluding hydrogens is 202 g/mol. The van der Waals surface area contributed by atoms with Crippen molar-refractivity contribution in [2.24, 2.45) is 17.8 Å². The summed E-state index contributed by atoms with van der Waals surface area (Å²) >= 11 is 0. The number of hydrogen-bond donors (Lipinski definition) is 1. The molecule has 1 saturated carbocycles. The molecule has 1 aliphatic heterocycles. The second-order valence-corrected chi connectivity index (χ2v) is 5.38. The molecule has 2 rings (SSSR count). The first-order valence-electron chi connectivity index (χ1n) is 6.64. The predicted octanol–water partition coefficient (Wildman–Crippen LogP) is 1.97. The molecule has 2 fully saturated rings. The van der Waals surface area contributed by atoms with Crippen LogP contribution in [0.4, 0.5) is 0 Å². The Morgan fingerprint density at radius 3 is 2.62 bits per heavy atom. The second kappa shape index (κ2) is 5.67. The Bertz CT molecular complexity index is 236. The fraction of sp³-hybridized carbons (Fsp3) is 0.923. The van der Waals surface area contributed by atoms with E-state index < -0.39 is 0 Å². The van der Waals surface area contributed by atoms with Gasteiger partial charge in [0.1, 0.15) is 0 Å². The van der Waals surface area contributed by atoms with E-state index in [0.29, 0.717) is 18.4 Å². The fourth-order valence-corrected chi connectivity index (χ4v) is 2.79. The number of hydrogen-bond acceptors (Lipinski definition) is 3. The van der Waals surface area contributed by atoms with Crippen molar-refractivity contribution in [1.82, 2.24) is 5.32 Å². The summed E-state index contributed by atoms with van der Waals surface area (Å²) in [5, 5.41) is 3.24. The van der Waals surface area contributed by atoms with Crippen LogP contribution in [0.5, 0.6) is 0 Å². The average Bonchev–Trinajstić information content (AvgIpc) is 2.74. The molecule has 2 atom stereocenters. The van der Waals surface area contributed by atoms with Crippen LogP contribution in [-0.2, 0) is 9.53 Å². The van der Waals surface area contributed by atoms with Crippen molar-refractivity contribution >= 4 is 5.97 Å². The minimum Gasteiger partial charge on any atom is -0.465 e. The van der Waals surface area contributed by atoms with Crippen molar-refractivity contribution in [3.05, 3.63) is 0 Å². The summed E-state index contributed by atoms with van der Waals surface area (Å²) in [7, 11) is 0. The van der Waals surface area contributed by atoms with E-state index in [2.05, 4.69) is 12.2 Å². The van der Waals surface area contributed by atoms with E-state index in [4.69, 9.17) is 4.74 Å². The van der Waals surface area contributed by atoms with Crippen LogP contribution in [0.1, 0.15) is 39.0 Å². The molecule has 1 N–H and O–H groups in total. The Hall–Kier alpha value is -0.570. The molecule has 16 heavy (non-hydrogen) atoms. The maximum Gasteiger partial charge on any atom is 0.310 e. The second-order valence-electron chi connectivity index (χ2n) is 5.38. The van der Waals surface area contributed by atoms with Crippen molar-refractivity contribution in [2.75, 3.05) is 19.7 Å². The largest absolute Gasteiger partial charge is 0.465 e. The number of ether oxygens (including phenoxy) is 1. The van der Waals surface area contributed by atoms with Crippen molar-refractivity contribution in [3.8, 4) is 0 Å². The summed E-state index contributed by atoms with van der Waals surface area (Å²) in [6.07, 6.45) is 6.46. The highest BCUT2D eigenvalue weighted by molar-refractivity contribution is 5.73. The van der Waals surface area contributed by atoms with Crippen LogP contribution in [0.2, 0.25) is 0 Å². The molecule has 0 bridgehead atoms. The molecule has 0 aromatic carbocycles. The highest BCUT2D eigenvalue weighted by Crippen LogP contribution is 2.24. The standard InChI is InChI=1S/C13H23NO2/c1-10-7-14-8-12(10)13(15)16-9-11-5-3-2-4-6-11/h10-12,14H,2-9H2,1H3. The van der Waals surface area contributed by atoms with Gasteiger partial charge in [-0.1, -0.05) is 26.2 Å². The van der Waals surface area contributed by atoms with Crippen LogP contribution in [-0.4, -0.2) is 25.7 Å². The van der Waals surface area contributed by atoms with Gasteiger partial charge in [0.05, 0.1) is 12.5 Å². The molecule has 1 saturated heterocycles. The zero-order chi connectivity index (χ0) is 11.4. The van der Waals surface area contributed by atoms with E-state index in [0.717, 1.165) is 13.1 Å². The number of carbonyl (C=O) groups is 1. The maximum atomic E-state index is 11.8. The Morgan fingerprint density at radius 1 is 1.25 bits per heavy atom. The molecule has 0 spiro atoms. The van der Waals surface area contributed by atoms with Gasteiger partial charge >= 0.3 is 5.97 Å². The Balaban J connectivity index is 1.70. The highest BCUT2D eigenvalue weighted by Gasteiger charge is 2.31.